The molecule has 9 heteroatoms. The number of allylic oxidation sites excluding steroid dienone is 12. The zero-order valence-corrected chi connectivity index (χ0v) is 60.8. The highest BCUT2D eigenvalue weighted by Crippen LogP contribution is 2.19. The largest absolute Gasteiger partial charge is 0.477 e. The first kappa shape index (κ1) is 87.7. The van der Waals surface area contributed by atoms with E-state index < -0.39 is 18.4 Å². The predicted molar refractivity (Wildman–Crippen MR) is 392 cm³/mol. The maximum absolute atomic E-state index is 13.0. The predicted octanol–water partition coefficient (Wildman–Crippen LogP) is 24.8. The van der Waals surface area contributed by atoms with E-state index in [-0.39, 0.29) is 38.2 Å². The standard InChI is InChI=1S/C82H149NO8/c1-6-8-10-12-14-16-18-20-22-24-26-28-30-32-34-36-38-40-42-44-46-48-50-52-54-56-58-60-62-64-66-68-70-72-79(84)89-76-78(77-90-82(81(86)87)88-75-74-83(3,4)5)91-80(85)73-71-69-67-65-63-61-59-57-55-53-51-49-47-45-43-41-39-37-35-33-31-29-27-25-23-21-19-17-15-13-11-9-7-2/h18-21,24-27,30-33,78,82H,6-17,22-23,28-29,34-77H2,1-5H3/p+1/b20-18-,21-19-,26-24-,27-25-,32-30-,33-31-. The first-order valence-electron chi connectivity index (χ1n) is 39.1. The van der Waals surface area contributed by atoms with Crippen LogP contribution < -0.4 is 0 Å². The van der Waals surface area contributed by atoms with Crippen molar-refractivity contribution in [2.45, 2.75) is 386 Å². The van der Waals surface area contributed by atoms with Crippen molar-refractivity contribution in [3.8, 4) is 0 Å². The number of esters is 2. The van der Waals surface area contributed by atoms with Crippen LogP contribution in [-0.4, -0.2) is 87.4 Å². The third-order valence-corrected chi connectivity index (χ3v) is 17.4. The van der Waals surface area contributed by atoms with Crippen molar-refractivity contribution in [1.29, 1.82) is 0 Å². The third kappa shape index (κ3) is 74.0. The van der Waals surface area contributed by atoms with Crippen molar-refractivity contribution in [2.75, 3.05) is 47.5 Å². The molecule has 530 valence electrons. The molecule has 91 heavy (non-hydrogen) atoms. The Bertz CT molecular complexity index is 1730. The fraction of sp³-hybridized carbons (Fsp3) is 0.817. The lowest BCUT2D eigenvalue weighted by Crippen LogP contribution is -2.40. The SMILES string of the molecule is CCCCCCC/C=C\C/C=C\C/C=C\CCCCCCCCCCCCCCCCCCCCC(=O)OCC(COC(OCC[N+](C)(C)C)C(=O)O)OC(=O)CCCCCCCCCCCCCCCCCCCC/C=C\C/C=C\C/C=C\CCCCCCC. The van der Waals surface area contributed by atoms with E-state index in [4.69, 9.17) is 18.9 Å². The number of hydrogen-bond acceptors (Lipinski definition) is 7. The number of hydrogen-bond donors (Lipinski definition) is 1. The van der Waals surface area contributed by atoms with Gasteiger partial charge in [0.25, 0.3) is 6.29 Å². The molecule has 0 amide bonds. The number of unbranched alkanes of at least 4 members (excludes halogenated alkanes) is 46. The molecule has 2 atom stereocenters. The van der Waals surface area contributed by atoms with Gasteiger partial charge in [-0.1, -0.05) is 344 Å². The minimum absolute atomic E-state index is 0.179. The van der Waals surface area contributed by atoms with Crippen molar-refractivity contribution in [2.24, 2.45) is 0 Å². The zero-order valence-electron chi connectivity index (χ0n) is 60.8. The Kier molecular flexibility index (Phi) is 69.9. The second-order valence-corrected chi connectivity index (χ2v) is 27.7. The second kappa shape index (κ2) is 72.6. The number of quaternary nitrogens is 1. The molecule has 0 aromatic heterocycles. The lowest BCUT2D eigenvalue weighted by molar-refractivity contribution is -0.870. The van der Waals surface area contributed by atoms with E-state index in [1.54, 1.807) is 0 Å². The molecule has 0 saturated heterocycles. The van der Waals surface area contributed by atoms with Crippen LogP contribution in [-0.2, 0) is 33.3 Å². The molecule has 0 aliphatic carbocycles. The molecule has 0 aliphatic rings. The van der Waals surface area contributed by atoms with Gasteiger partial charge in [-0.3, -0.25) is 9.59 Å². The quantitative estimate of drug-likeness (QED) is 0.0211. The van der Waals surface area contributed by atoms with Crippen molar-refractivity contribution in [1.82, 2.24) is 0 Å². The molecule has 0 bridgehead atoms. The van der Waals surface area contributed by atoms with Gasteiger partial charge in [0.2, 0.25) is 0 Å². The van der Waals surface area contributed by atoms with E-state index in [1.165, 1.54) is 283 Å². The van der Waals surface area contributed by atoms with E-state index >= 15 is 0 Å². The summed E-state index contributed by atoms with van der Waals surface area (Å²) in [5.41, 5.74) is 0. The van der Waals surface area contributed by atoms with Crippen LogP contribution in [0.4, 0.5) is 0 Å². The molecule has 0 rings (SSSR count). The number of aliphatic carboxylic acids is 1. The first-order chi connectivity index (χ1) is 44.6. The number of carbonyl (C=O) groups excluding carboxylic acids is 2. The monoisotopic (exact) mass is 1280 g/mol. The Morgan fingerprint density at radius 2 is 0.593 bits per heavy atom. The maximum atomic E-state index is 13.0. The third-order valence-electron chi connectivity index (χ3n) is 17.4. The second-order valence-electron chi connectivity index (χ2n) is 27.7. The highest BCUT2D eigenvalue weighted by molar-refractivity contribution is 5.71. The Morgan fingerprint density at radius 3 is 0.879 bits per heavy atom. The molecule has 0 saturated carbocycles. The minimum atomic E-state index is -1.51. The Labute approximate surface area is 564 Å². The Morgan fingerprint density at radius 1 is 0.330 bits per heavy atom. The number of carbonyl (C=O) groups is 3. The molecular formula is C82H150NO8+. The summed E-state index contributed by atoms with van der Waals surface area (Å²) in [7, 11) is 5.99. The van der Waals surface area contributed by atoms with Gasteiger partial charge in [-0.25, -0.2) is 4.79 Å². The molecular weight excluding hydrogens is 1130 g/mol. The van der Waals surface area contributed by atoms with E-state index in [1.807, 2.05) is 21.1 Å². The summed E-state index contributed by atoms with van der Waals surface area (Å²) < 4.78 is 23.1. The molecule has 0 aromatic carbocycles. The fourth-order valence-corrected chi connectivity index (χ4v) is 11.4. The van der Waals surface area contributed by atoms with Gasteiger partial charge in [-0.05, 0) is 89.9 Å². The highest BCUT2D eigenvalue weighted by Gasteiger charge is 2.25. The van der Waals surface area contributed by atoms with E-state index in [2.05, 4.69) is 86.8 Å². The average Bonchev–Trinajstić information content (AvgIpc) is 3.63. The summed E-state index contributed by atoms with van der Waals surface area (Å²) in [6.07, 6.45) is 94.7. The summed E-state index contributed by atoms with van der Waals surface area (Å²) in [4.78, 5) is 37.7. The van der Waals surface area contributed by atoms with Crippen molar-refractivity contribution >= 4 is 17.9 Å². The lowest BCUT2D eigenvalue weighted by Gasteiger charge is -2.25. The van der Waals surface area contributed by atoms with Crippen molar-refractivity contribution < 1.29 is 42.9 Å². The normalized spacial score (nSPS) is 13.0. The van der Waals surface area contributed by atoms with Crippen LogP contribution >= 0.6 is 0 Å². The van der Waals surface area contributed by atoms with E-state index in [0.29, 0.717) is 17.4 Å². The number of rotatable bonds is 73. The van der Waals surface area contributed by atoms with Gasteiger partial charge in [0.1, 0.15) is 13.2 Å². The fourth-order valence-electron chi connectivity index (χ4n) is 11.4. The first-order valence-corrected chi connectivity index (χ1v) is 39.1. The van der Waals surface area contributed by atoms with Crippen molar-refractivity contribution in [3.05, 3.63) is 72.9 Å². The van der Waals surface area contributed by atoms with Crippen LogP contribution in [0.2, 0.25) is 0 Å². The molecule has 0 radical (unpaired) electrons. The van der Waals surface area contributed by atoms with Gasteiger partial charge in [-0.15, -0.1) is 0 Å². The Balaban J connectivity index is 4.02. The van der Waals surface area contributed by atoms with Gasteiger partial charge in [0.15, 0.2) is 6.10 Å². The van der Waals surface area contributed by atoms with Gasteiger partial charge in [0.05, 0.1) is 34.4 Å². The summed E-state index contributed by atoms with van der Waals surface area (Å²) >= 11 is 0. The van der Waals surface area contributed by atoms with Gasteiger partial charge >= 0.3 is 17.9 Å². The summed E-state index contributed by atoms with van der Waals surface area (Å²) in [5.74, 6) is -1.98. The smallest absolute Gasteiger partial charge is 0.361 e. The van der Waals surface area contributed by atoms with Gasteiger partial charge < -0.3 is 28.5 Å². The average molecular weight is 1280 g/mol. The van der Waals surface area contributed by atoms with Crippen LogP contribution in [0.3, 0.4) is 0 Å². The van der Waals surface area contributed by atoms with E-state index in [0.717, 1.165) is 64.2 Å². The number of likely N-dealkylation sites (N-methyl/N-ethyl adjacent to an activating group) is 1. The highest BCUT2D eigenvalue weighted by atomic mass is 16.7. The summed E-state index contributed by atoms with van der Waals surface area (Å²) in [6.45, 7) is 4.91. The lowest BCUT2D eigenvalue weighted by atomic mass is 10.0. The summed E-state index contributed by atoms with van der Waals surface area (Å²) in [5, 5.41) is 9.77. The van der Waals surface area contributed by atoms with Crippen LogP contribution in [0, 0.1) is 0 Å². The van der Waals surface area contributed by atoms with Crippen LogP contribution in [0.1, 0.15) is 373 Å². The van der Waals surface area contributed by atoms with Gasteiger partial charge in [-0.2, -0.15) is 0 Å². The van der Waals surface area contributed by atoms with Gasteiger partial charge in [0, 0.05) is 12.8 Å². The summed E-state index contributed by atoms with van der Waals surface area (Å²) in [6, 6.07) is 0. The van der Waals surface area contributed by atoms with Crippen LogP contribution in [0.15, 0.2) is 72.9 Å². The number of nitrogens with zero attached hydrogens (tertiary/aromatic N) is 1. The zero-order chi connectivity index (χ0) is 66.1. The maximum Gasteiger partial charge on any atom is 0.361 e. The van der Waals surface area contributed by atoms with Crippen LogP contribution in [0.5, 0.6) is 0 Å². The molecule has 0 aliphatic heterocycles. The number of carboxylic acid groups (broad SMARTS) is 1. The number of carboxylic acids is 1. The molecule has 0 heterocycles. The topological polar surface area (TPSA) is 108 Å². The number of ether oxygens (including phenoxy) is 4. The molecule has 1 N–H and O–H groups in total. The molecule has 0 aromatic rings. The Hall–Kier alpha value is -3.27. The molecule has 0 fully saturated rings. The molecule has 0 spiro atoms. The minimum Gasteiger partial charge on any atom is -0.477 e. The van der Waals surface area contributed by atoms with Crippen LogP contribution in [0.25, 0.3) is 0 Å². The molecule has 2 unspecified atom stereocenters. The van der Waals surface area contributed by atoms with Crippen molar-refractivity contribution in [3.63, 3.8) is 0 Å². The molecule has 9 nitrogen and oxygen atoms in total. The van der Waals surface area contributed by atoms with E-state index in [9.17, 15) is 19.5 Å².